The Labute approximate surface area is 181 Å². The number of imidazole rings is 1. The number of anilines is 2. The first kappa shape index (κ1) is 20.6. The van der Waals surface area contributed by atoms with Gasteiger partial charge in [-0.25, -0.2) is 4.98 Å². The number of carbonyl (C=O) groups excluding carboxylic acids is 2. The molecule has 2 aromatic heterocycles. The van der Waals surface area contributed by atoms with Crippen molar-refractivity contribution in [2.75, 3.05) is 29.9 Å². The summed E-state index contributed by atoms with van der Waals surface area (Å²) in [5, 5.41) is 3.00. The molecule has 1 atom stereocenters. The lowest BCUT2D eigenvalue weighted by molar-refractivity contribution is -0.119. The van der Waals surface area contributed by atoms with Crippen molar-refractivity contribution >= 4 is 34.6 Å². The van der Waals surface area contributed by atoms with Gasteiger partial charge in [-0.1, -0.05) is 36.9 Å². The number of fused-ring (bicyclic) bond motifs is 1. The molecule has 8 heteroatoms. The summed E-state index contributed by atoms with van der Waals surface area (Å²) in [7, 11) is 1.70. The molecule has 1 aliphatic heterocycles. The molecule has 1 fully saturated rings. The molecule has 2 amide bonds. The Kier molecular flexibility index (Phi) is 5.70. The zero-order chi connectivity index (χ0) is 22.0. The number of nitrogens with one attached hydrogen (secondary N) is 1. The predicted octanol–water partition coefficient (Wildman–Crippen LogP) is 2.34. The molecular weight excluding hydrogens is 392 g/mol. The van der Waals surface area contributed by atoms with Crippen LogP contribution in [0.5, 0.6) is 0 Å². The fourth-order valence-electron chi connectivity index (χ4n) is 3.94. The van der Waals surface area contributed by atoms with Crippen molar-refractivity contribution in [3.05, 3.63) is 60.8 Å². The van der Waals surface area contributed by atoms with E-state index in [2.05, 4.69) is 38.5 Å². The molecule has 3 heterocycles. The van der Waals surface area contributed by atoms with Crippen LogP contribution < -0.4 is 15.1 Å². The molecule has 1 unspecified atom stereocenters. The van der Waals surface area contributed by atoms with E-state index >= 15 is 0 Å². The Morgan fingerprint density at radius 2 is 2.10 bits per heavy atom. The van der Waals surface area contributed by atoms with Crippen molar-refractivity contribution in [2.24, 2.45) is 0 Å². The highest BCUT2D eigenvalue weighted by Crippen LogP contribution is 2.28. The van der Waals surface area contributed by atoms with Crippen molar-refractivity contribution in [2.45, 2.75) is 25.9 Å². The van der Waals surface area contributed by atoms with E-state index in [9.17, 15) is 9.59 Å². The van der Waals surface area contributed by atoms with Gasteiger partial charge in [-0.05, 0) is 24.1 Å². The lowest BCUT2D eigenvalue weighted by Gasteiger charge is -2.20. The Morgan fingerprint density at radius 3 is 2.81 bits per heavy atom. The summed E-state index contributed by atoms with van der Waals surface area (Å²) in [5.41, 5.74) is 3.29. The SMILES string of the molecule is C=CC(=O)N(C)c1cnc2nc(N3CCC(NC(C)=O)C3)n(Cc3ccccc3)c2c1. The van der Waals surface area contributed by atoms with Crippen LogP contribution in [0.1, 0.15) is 18.9 Å². The fraction of sp³-hybridized carbons (Fsp3) is 0.304. The average molecular weight is 419 g/mol. The maximum atomic E-state index is 12.1. The Balaban J connectivity index is 1.75. The summed E-state index contributed by atoms with van der Waals surface area (Å²) in [6, 6.07) is 12.2. The number of hydrogen-bond acceptors (Lipinski definition) is 5. The van der Waals surface area contributed by atoms with Crippen molar-refractivity contribution in [1.29, 1.82) is 0 Å². The highest BCUT2D eigenvalue weighted by molar-refractivity contribution is 6.01. The Hall–Kier alpha value is -3.68. The van der Waals surface area contributed by atoms with E-state index in [-0.39, 0.29) is 17.9 Å². The van der Waals surface area contributed by atoms with Crippen LogP contribution in [0, 0.1) is 0 Å². The number of likely N-dealkylation sites (N-methyl/N-ethyl adjacent to an activating group) is 1. The second kappa shape index (κ2) is 8.59. The van der Waals surface area contributed by atoms with E-state index < -0.39 is 0 Å². The molecule has 4 rings (SSSR count). The molecule has 1 saturated heterocycles. The topological polar surface area (TPSA) is 83.4 Å². The molecule has 1 aromatic carbocycles. The Bertz CT molecular complexity index is 1120. The molecule has 8 nitrogen and oxygen atoms in total. The maximum Gasteiger partial charge on any atom is 0.250 e. The van der Waals surface area contributed by atoms with Crippen molar-refractivity contribution in [3.63, 3.8) is 0 Å². The number of amides is 2. The number of nitrogens with zero attached hydrogens (tertiary/aromatic N) is 5. The summed E-state index contributed by atoms with van der Waals surface area (Å²) in [6.07, 6.45) is 3.80. The van der Waals surface area contributed by atoms with Gasteiger partial charge in [0, 0.05) is 33.1 Å². The normalized spacial score (nSPS) is 15.8. The first-order valence-electron chi connectivity index (χ1n) is 10.3. The molecule has 0 radical (unpaired) electrons. The summed E-state index contributed by atoms with van der Waals surface area (Å²) in [5.74, 6) is 0.591. The van der Waals surface area contributed by atoms with Crippen LogP contribution in [0.15, 0.2) is 55.3 Å². The van der Waals surface area contributed by atoms with Gasteiger partial charge in [0.15, 0.2) is 5.65 Å². The van der Waals surface area contributed by atoms with Crippen LogP contribution in [-0.2, 0) is 16.1 Å². The highest BCUT2D eigenvalue weighted by Gasteiger charge is 2.28. The van der Waals surface area contributed by atoms with Gasteiger partial charge >= 0.3 is 0 Å². The quantitative estimate of drug-likeness (QED) is 0.622. The minimum absolute atomic E-state index is 0.0223. The molecule has 0 spiro atoms. The summed E-state index contributed by atoms with van der Waals surface area (Å²) >= 11 is 0. The number of aromatic nitrogens is 3. The Morgan fingerprint density at radius 1 is 1.32 bits per heavy atom. The molecule has 1 N–H and O–H groups in total. The van der Waals surface area contributed by atoms with Crippen LogP contribution in [-0.4, -0.2) is 52.5 Å². The summed E-state index contributed by atoms with van der Waals surface area (Å²) in [6.45, 7) is 7.22. The molecular formula is C23H26N6O2. The highest BCUT2D eigenvalue weighted by atomic mass is 16.2. The van der Waals surface area contributed by atoms with E-state index in [1.807, 2.05) is 24.3 Å². The van der Waals surface area contributed by atoms with Crippen LogP contribution in [0.25, 0.3) is 11.2 Å². The van der Waals surface area contributed by atoms with Gasteiger partial charge in [0.1, 0.15) is 0 Å². The number of pyridine rings is 1. The van der Waals surface area contributed by atoms with Gasteiger partial charge < -0.3 is 19.7 Å². The predicted molar refractivity (Wildman–Crippen MR) is 121 cm³/mol. The molecule has 0 saturated carbocycles. The minimum Gasteiger partial charge on any atom is -0.352 e. The number of benzene rings is 1. The molecule has 1 aliphatic rings. The van der Waals surface area contributed by atoms with E-state index in [0.29, 0.717) is 24.4 Å². The van der Waals surface area contributed by atoms with Crippen LogP contribution in [0.3, 0.4) is 0 Å². The monoisotopic (exact) mass is 418 g/mol. The standard InChI is InChI=1S/C23H26N6O2/c1-4-21(31)27(3)19-12-20-22(24-13-19)26-23(28-11-10-18(15-28)25-16(2)30)29(20)14-17-8-6-5-7-9-17/h4-9,12-13,18H,1,10-11,14-15H2,2-3H3,(H,25,30). The second-order valence-corrected chi connectivity index (χ2v) is 7.75. The number of rotatable bonds is 6. The summed E-state index contributed by atoms with van der Waals surface area (Å²) in [4.78, 5) is 36.6. The third-order valence-corrected chi connectivity index (χ3v) is 5.53. The van der Waals surface area contributed by atoms with E-state index in [1.165, 1.54) is 11.0 Å². The minimum atomic E-state index is -0.201. The van der Waals surface area contributed by atoms with Crippen LogP contribution >= 0.6 is 0 Å². The smallest absolute Gasteiger partial charge is 0.250 e. The fourth-order valence-corrected chi connectivity index (χ4v) is 3.94. The van der Waals surface area contributed by atoms with E-state index in [4.69, 9.17) is 4.98 Å². The first-order valence-corrected chi connectivity index (χ1v) is 10.3. The number of hydrogen-bond donors (Lipinski definition) is 1. The van der Waals surface area contributed by atoms with Crippen LogP contribution in [0.4, 0.5) is 11.6 Å². The average Bonchev–Trinajstić information content (AvgIpc) is 3.37. The lowest BCUT2D eigenvalue weighted by Crippen LogP contribution is -2.36. The molecule has 31 heavy (non-hydrogen) atoms. The number of carbonyl (C=O) groups is 2. The maximum absolute atomic E-state index is 12.1. The largest absolute Gasteiger partial charge is 0.352 e. The van der Waals surface area contributed by atoms with Crippen LogP contribution in [0.2, 0.25) is 0 Å². The molecule has 0 bridgehead atoms. The van der Waals surface area contributed by atoms with Crippen molar-refractivity contribution in [1.82, 2.24) is 19.9 Å². The third kappa shape index (κ3) is 4.28. The van der Waals surface area contributed by atoms with Gasteiger partial charge in [0.2, 0.25) is 17.8 Å². The molecule has 160 valence electrons. The molecule has 3 aromatic rings. The van der Waals surface area contributed by atoms with Crippen molar-refractivity contribution < 1.29 is 9.59 Å². The zero-order valence-electron chi connectivity index (χ0n) is 17.8. The lowest BCUT2D eigenvalue weighted by atomic mass is 10.2. The third-order valence-electron chi connectivity index (χ3n) is 5.53. The van der Waals surface area contributed by atoms with Gasteiger partial charge in [-0.2, -0.15) is 4.98 Å². The zero-order valence-corrected chi connectivity index (χ0v) is 17.8. The van der Waals surface area contributed by atoms with Crippen molar-refractivity contribution in [3.8, 4) is 0 Å². The van der Waals surface area contributed by atoms with Gasteiger partial charge in [0.05, 0.1) is 23.9 Å². The van der Waals surface area contributed by atoms with E-state index in [1.54, 1.807) is 20.2 Å². The van der Waals surface area contributed by atoms with Gasteiger partial charge in [0.25, 0.3) is 0 Å². The summed E-state index contributed by atoms with van der Waals surface area (Å²) < 4.78 is 2.13. The van der Waals surface area contributed by atoms with Gasteiger partial charge in [-0.3, -0.25) is 9.59 Å². The van der Waals surface area contributed by atoms with Gasteiger partial charge in [-0.15, -0.1) is 0 Å². The first-order chi connectivity index (χ1) is 15.0. The van der Waals surface area contributed by atoms with E-state index in [0.717, 1.165) is 30.0 Å². The molecule has 0 aliphatic carbocycles. The second-order valence-electron chi connectivity index (χ2n) is 7.75.